The Morgan fingerprint density at radius 3 is 2.42 bits per heavy atom. The molecule has 0 saturated heterocycles. The minimum Gasteiger partial charge on any atom is -0.258 e. The number of hydrogen-bond donors (Lipinski definition) is 0. The first-order valence-electron chi connectivity index (χ1n) is 6.63. The Bertz CT molecular complexity index is 974. The zero-order chi connectivity index (χ0) is 17.9. The predicted octanol–water partition coefficient (Wildman–Crippen LogP) is 4.00. The lowest BCUT2D eigenvalue weighted by Crippen LogP contribution is -2.03. The average Bonchev–Trinajstić information content (AvgIpc) is 2.54. The number of allylic oxidation sites excluding steroid dienone is 1. The molecule has 0 fully saturated rings. The van der Waals surface area contributed by atoms with Gasteiger partial charge in [0.15, 0.2) is 0 Å². The molecule has 0 atom stereocenters. The van der Waals surface area contributed by atoms with Gasteiger partial charge in [0.2, 0.25) is 9.84 Å². The molecule has 0 aromatic heterocycles. The summed E-state index contributed by atoms with van der Waals surface area (Å²) in [6.45, 7) is 1.58. The lowest BCUT2D eigenvalue weighted by atomic mass is 10.1. The summed E-state index contributed by atoms with van der Waals surface area (Å²) in [5.74, 6) is 0. The molecule has 0 aliphatic carbocycles. The zero-order valence-corrected chi connectivity index (χ0v) is 14.8. The van der Waals surface area contributed by atoms with Gasteiger partial charge < -0.3 is 0 Å². The molecule has 6 nitrogen and oxygen atoms in total. The summed E-state index contributed by atoms with van der Waals surface area (Å²) in [5.41, 5.74) is 0.582. The highest BCUT2D eigenvalue weighted by Gasteiger charge is 2.21. The number of nitriles is 1. The molecule has 0 aliphatic rings. The van der Waals surface area contributed by atoms with E-state index in [0.717, 1.165) is 6.08 Å². The number of benzene rings is 2. The fourth-order valence-corrected chi connectivity index (χ4v) is 3.40. The van der Waals surface area contributed by atoms with Crippen molar-refractivity contribution in [2.75, 3.05) is 0 Å². The van der Waals surface area contributed by atoms with Gasteiger partial charge in [0.25, 0.3) is 5.69 Å². The molecule has 0 spiro atoms. The van der Waals surface area contributed by atoms with Gasteiger partial charge in [0, 0.05) is 16.1 Å². The second-order valence-electron chi connectivity index (χ2n) is 4.88. The molecule has 0 saturated carbocycles. The van der Waals surface area contributed by atoms with Gasteiger partial charge in [-0.15, -0.1) is 0 Å². The van der Waals surface area contributed by atoms with Crippen LogP contribution in [0.1, 0.15) is 11.1 Å². The van der Waals surface area contributed by atoms with Gasteiger partial charge in [0.05, 0.1) is 9.82 Å². The van der Waals surface area contributed by atoms with E-state index in [0.29, 0.717) is 10.0 Å². The molecule has 122 valence electrons. The Hall–Kier alpha value is -2.50. The van der Waals surface area contributed by atoms with E-state index in [9.17, 15) is 23.8 Å². The summed E-state index contributed by atoms with van der Waals surface area (Å²) in [6.07, 6.45) is 1.13. The van der Waals surface area contributed by atoms with Crippen LogP contribution in [0.5, 0.6) is 0 Å². The van der Waals surface area contributed by atoms with Crippen molar-refractivity contribution in [3.05, 3.63) is 73.1 Å². The van der Waals surface area contributed by atoms with E-state index in [-0.39, 0.29) is 16.1 Å². The first-order valence-corrected chi connectivity index (χ1v) is 8.91. The summed E-state index contributed by atoms with van der Waals surface area (Å²) in [7, 11) is -4.00. The minimum absolute atomic E-state index is 0.0277. The third-order valence-corrected chi connectivity index (χ3v) is 5.46. The third-order valence-electron chi connectivity index (χ3n) is 3.25. The van der Waals surface area contributed by atoms with Gasteiger partial charge in [-0.05, 0) is 42.8 Å². The molecular formula is C16H11BrN2O4S. The number of sulfone groups is 1. The quantitative estimate of drug-likeness (QED) is 0.433. The number of aryl methyl sites for hydroxylation is 1. The highest BCUT2D eigenvalue weighted by molar-refractivity contribution is 9.10. The van der Waals surface area contributed by atoms with Crippen molar-refractivity contribution in [2.24, 2.45) is 0 Å². The highest BCUT2D eigenvalue weighted by Crippen LogP contribution is 2.25. The molecule has 0 N–H and O–H groups in total. The normalized spacial score (nSPS) is 11.8. The Morgan fingerprint density at radius 2 is 1.88 bits per heavy atom. The molecule has 2 rings (SSSR count). The van der Waals surface area contributed by atoms with Crippen LogP contribution < -0.4 is 0 Å². The van der Waals surface area contributed by atoms with Crippen LogP contribution in [0, 0.1) is 28.4 Å². The maximum atomic E-state index is 12.5. The second kappa shape index (κ2) is 6.95. The van der Waals surface area contributed by atoms with Crippen LogP contribution in [0.4, 0.5) is 5.69 Å². The van der Waals surface area contributed by atoms with E-state index in [2.05, 4.69) is 15.9 Å². The van der Waals surface area contributed by atoms with Gasteiger partial charge in [-0.2, -0.15) is 5.26 Å². The molecular weight excluding hydrogens is 396 g/mol. The van der Waals surface area contributed by atoms with Crippen LogP contribution in [-0.2, 0) is 9.84 Å². The second-order valence-corrected chi connectivity index (χ2v) is 7.71. The number of nitro benzene ring substituents is 1. The summed E-state index contributed by atoms with van der Waals surface area (Å²) < 4.78 is 25.8. The fourth-order valence-electron chi connectivity index (χ4n) is 1.97. The van der Waals surface area contributed by atoms with E-state index in [1.165, 1.54) is 30.3 Å². The van der Waals surface area contributed by atoms with E-state index in [1.54, 1.807) is 25.1 Å². The monoisotopic (exact) mass is 406 g/mol. The number of nitro groups is 1. The molecule has 2 aromatic rings. The van der Waals surface area contributed by atoms with Crippen molar-refractivity contribution in [3.63, 3.8) is 0 Å². The van der Waals surface area contributed by atoms with Crippen molar-refractivity contribution < 1.29 is 13.3 Å². The maximum Gasteiger partial charge on any atom is 0.272 e. The van der Waals surface area contributed by atoms with Crippen LogP contribution in [0.3, 0.4) is 0 Å². The highest BCUT2D eigenvalue weighted by atomic mass is 79.9. The van der Waals surface area contributed by atoms with Crippen LogP contribution in [-0.4, -0.2) is 13.3 Å². The fraction of sp³-hybridized carbons (Fsp3) is 0.0625. The van der Waals surface area contributed by atoms with Crippen LogP contribution in [0.25, 0.3) is 6.08 Å². The molecule has 0 radical (unpaired) electrons. The van der Waals surface area contributed by atoms with Crippen molar-refractivity contribution in [1.82, 2.24) is 0 Å². The SMILES string of the molecule is Cc1ccc(/C=C(\C#N)S(=O)(=O)c2ccc(Br)cc2)cc1[N+](=O)[O-]. The molecule has 0 unspecified atom stereocenters. The minimum atomic E-state index is -4.00. The smallest absolute Gasteiger partial charge is 0.258 e. The molecule has 0 bridgehead atoms. The molecule has 0 amide bonds. The van der Waals surface area contributed by atoms with E-state index >= 15 is 0 Å². The third kappa shape index (κ3) is 3.69. The summed E-state index contributed by atoms with van der Waals surface area (Å²) in [5, 5.41) is 20.2. The van der Waals surface area contributed by atoms with Crippen LogP contribution in [0.2, 0.25) is 0 Å². The molecule has 0 heterocycles. The molecule has 24 heavy (non-hydrogen) atoms. The summed E-state index contributed by atoms with van der Waals surface area (Å²) >= 11 is 3.21. The number of halogens is 1. The Balaban J connectivity index is 2.54. The number of nitrogens with zero attached hydrogens (tertiary/aromatic N) is 2. The average molecular weight is 407 g/mol. The van der Waals surface area contributed by atoms with Gasteiger partial charge in [-0.3, -0.25) is 10.1 Å². The van der Waals surface area contributed by atoms with Gasteiger partial charge in [0.1, 0.15) is 11.0 Å². The van der Waals surface area contributed by atoms with Gasteiger partial charge in [-0.1, -0.05) is 28.1 Å². The van der Waals surface area contributed by atoms with E-state index < -0.39 is 19.7 Å². The first kappa shape index (κ1) is 17.8. The summed E-state index contributed by atoms with van der Waals surface area (Å²) in [6, 6.07) is 11.8. The summed E-state index contributed by atoms with van der Waals surface area (Å²) in [4.78, 5) is 9.91. The van der Waals surface area contributed by atoms with Gasteiger partial charge in [-0.25, -0.2) is 8.42 Å². The number of rotatable bonds is 4. The first-order chi connectivity index (χ1) is 11.3. The van der Waals surface area contributed by atoms with Crippen molar-refractivity contribution in [1.29, 1.82) is 5.26 Å². The van der Waals surface area contributed by atoms with E-state index in [1.807, 2.05) is 0 Å². The maximum absolute atomic E-state index is 12.5. The lowest BCUT2D eigenvalue weighted by molar-refractivity contribution is -0.385. The molecule has 8 heteroatoms. The molecule has 2 aromatic carbocycles. The number of hydrogen-bond acceptors (Lipinski definition) is 5. The van der Waals surface area contributed by atoms with E-state index in [4.69, 9.17) is 0 Å². The van der Waals surface area contributed by atoms with Crippen molar-refractivity contribution in [3.8, 4) is 6.07 Å². The van der Waals surface area contributed by atoms with Crippen LogP contribution in [0.15, 0.2) is 56.7 Å². The predicted molar refractivity (Wildman–Crippen MR) is 92.8 cm³/mol. The largest absolute Gasteiger partial charge is 0.272 e. The van der Waals surface area contributed by atoms with Crippen molar-refractivity contribution >= 4 is 37.5 Å². The Labute approximate surface area is 147 Å². The standard InChI is InChI=1S/C16H11BrN2O4S/c1-11-2-3-12(9-16(11)19(20)21)8-15(10-18)24(22,23)14-6-4-13(17)5-7-14/h2-9H,1H3/b15-8+. The lowest BCUT2D eigenvalue weighted by Gasteiger charge is -2.04. The zero-order valence-electron chi connectivity index (χ0n) is 12.4. The Morgan fingerprint density at radius 1 is 1.25 bits per heavy atom. The van der Waals surface area contributed by atoms with Crippen molar-refractivity contribution in [2.45, 2.75) is 11.8 Å². The topological polar surface area (TPSA) is 101 Å². The van der Waals surface area contributed by atoms with Crippen LogP contribution >= 0.6 is 15.9 Å². The van der Waals surface area contributed by atoms with Gasteiger partial charge >= 0.3 is 0 Å². The molecule has 0 aliphatic heterocycles. The Kier molecular flexibility index (Phi) is 5.17.